The van der Waals surface area contributed by atoms with Crippen molar-refractivity contribution in [1.82, 2.24) is 4.90 Å². The average molecular weight is 320 g/mol. The molecule has 0 amide bonds. The van der Waals surface area contributed by atoms with Crippen LogP contribution in [0, 0.1) is 0 Å². The van der Waals surface area contributed by atoms with Crippen molar-refractivity contribution in [1.29, 1.82) is 0 Å². The molecule has 1 aliphatic rings. The predicted molar refractivity (Wildman–Crippen MR) is 94.5 cm³/mol. The molecule has 0 heterocycles. The highest BCUT2D eigenvalue weighted by molar-refractivity contribution is 5.92. The fourth-order valence-electron chi connectivity index (χ4n) is 2.66. The minimum atomic E-state index is 0.414. The highest BCUT2D eigenvalue weighted by atomic mass is 16.5. The molecule has 1 saturated carbocycles. The van der Waals surface area contributed by atoms with Gasteiger partial charge in [-0.1, -0.05) is 0 Å². The molecule has 23 heavy (non-hydrogen) atoms. The normalized spacial score (nSPS) is 15.1. The highest BCUT2D eigenvalue weighted by Crippen LogP contribution is 2.30. The Labute approximate surface area is 138 Å². The number of nitrogens with zero attached hydrogens (tertiary/aromatic N) is 2. The van der Waals surface area contributed by atoms with Gasteiger partial charge in [-0.3, -0.25) is 9.89 Å². The van der Waals surface area contributed by atoms with E-state index in [-0.39, 0.29) is 0 Å². The number of anilines is 1. The number of nitrogens with two attached hydrogens (primary N) is 1. The summed E-state index contributed by atoms with van der Waals surface area (Å²) in [7, 11) is 3.22. The van der Waals surface area contributed by atoms with Crippen molar-refractivity contribution in [2.45, 2.75) is 38.8 Å². The number of rotatable bonds is 8. The third-order valence-electron chi connectivity index (χ3n) is 3.98. The van der Waals surface area contributed by atoms with Gasteiger partial charge in [0.2, 0.25) is 0 Å². The number of ether oxygens (including phenoxy) is 2. The summed E-state index contributed by atoms with van der Waals surface area (Å²) >= 11 is 0. The summed E-state index contributed by atoms with van der Waals surface area (Å²) in [6.45, 7) is 6.10. The summed E-state index contributed by atoms with van der Waals surface area (Å²) in [6, 6.07) is 6.85. The van der Waals surface area contributed by atoms with E-state index in [0.29, 0.717) is 30.0 Å². The molecule has 0 unspecified atom stereocenters. The first-order chi connectivity index (χ1) is 11.0. The van der Waals surface area contributed by atoms with Gasteiger partial charge in [0.05, 0.1) is 20.8 Å². The second-order valence-corrected chi connectivity index (χ2v) is 6.02. The van der Waals surface area contributed by atoms with Gasteiger partial charge in [0.15, 0.2) is 17.5 Å². The molecule has 0 saturated heterocycles. The van der Waals surface area contributed by atoms with Crippen LogP contribution in [0.3, 0.4) is 0 Å². The van der Waals surface area contributed by atoms with Crippen LogP contribution in [-0.4, -0.2) is 50.3 Å². The smallest absolute Gasteiger partial charge is 0.193 e. The van der Waals surface area contributed by atoms with Gasteiger partial charge in [-0.25, -0.2) is 0 Å². The van der Waals surface area contributed by atoms with Crippen molar-refractivity contribution >= 4 is 11.6 Å². The predicted octanol–water partition coefficient (Wildman–Crippen LogP) is 2.30. The summed E-state index contributed by atoms with van der Waals surface area (Å²) in [5.74, 6) is 1.76. The molecule has 2 rings (SSSR count). The Balaban J connectivity index is 1.89. The van der Waals surface area contributed by atoms with Crippen molar-refractivity contribution < 1.29 is 9.47 Å². The average Bonchev–Trinajstić information content (AvgIpc) is 3.35. The standard InChI is InChI=1S/C17H28N4O2/c1-12(2)21(14-6-7-14)10-9-19-17(18)20-13-5-8-15(22-3)16(11-13)23-4/h5,8,11-12,14H,6-7,9-10H2,1-4H3,(H3,18,19,20). The van der Waals surface area contributed by atoms with Gasteiger partial charge < -0.3 is 20.5 Å². The number of methoxy groups -OCH3 is 2. The second kappa shape index (κ2) is 8.06. The van der Waals surface area contributed by atoms with Crippen LogP contribution in [0.5, 0.6) is 11.5 Å². The molecule has 0 aliphatic heterocycles. The third-order valence-corrected chi connectivity index (χ3v) is 3.98. The lowest BCUT2D eigenvalue weighted by molar-refractivity contribution is 0.218. The van der Waals surface area contributed by atoms with E-state index in [1.54, 1.807) is 14.2 Å². The van der Waals surface area contributed by atoms with Gasteiger partial charge >= 0.3 is 0 Å². The number of aliphatic imine (C=N–C) groups is 1. The summed E-state index contributed by atoms with van der Waals surface area (Å²) < 4.78 is 10.5. The van der Waals surface area contributed by atoms with Crippen molar-refractivity contribution in [3.63, 3.8) is 0 Å². The quantitative estimate of drug-likeness (QED) is 0.568. The molecule has 6 heteroatoms. The Bertz CT molecular complexity index is 539. The molecular formula is C17H28N4O2. The van der Waals surface area contributed by atoms with Crippen LogP contribution in [-0.2, 0) is 0 Å². The van der Waals surface area contributed by atoms with Gasteiger partial charge in [0.1, 0.15) is 0 Å². The Kier molecular flexibility index (Phi) is 6.10. The number of nitrogens with one attached hydrogen (secondary N) is 1. The van der Waals surface area contributed by atoms with E-state index in [1.165, 1.54) is 12.8 Å². The van der Waals surface area contributed by atoms with Crippen molar-refractivity contribution in [3.8, 4) is 11.5 Å². The van der Waals surface area contributed by atoms with E-state index in [1.807, 2.05) is 18.2 Å². The second-order valence-electron chi connectivity index (χ2n) is 6.02. The number of benzene rings is 1. The summed E-state index contributed by atoms with van der Waals surface area (Å²) in [6.07, 6.45) is 2.61. The lowest BCUT2D eigenvalue weighted by atomic mass is 10.3. The minimum Gasteiger partial charge on any atom is -0.493 e. The topological polar surface area (TPSA) is 72.1 Å². The summed E-state index contributed by atoms with van der Waals surface area (Å²) in [4.78, 5) is 6.91. The highest BCUT2D eigenvalue weighted by Gasteiger charge is 2.29. The van der Waals surface area contributed by atoms with Crippen LogP contribution >= 0.6 is 0 Å². The van der Waals surface area contributed by atoms with Crippen LogP contribution in [0.4, 0.5) is 5.69 Å². The Morgan fingerprint density at radius 3 is 2.57 bits per heavy atom. The maximum atomic E-state index is 5.97. The molecule has 128 valence electrons. The molecule has 0 bridgehead atoms. The monoisotopic (exact) mass is 320 g/mol. The molecule has 3 N–H and O–H groups in total. The lowest BCUT2D eigenvalue weighted by Gasteiger charge is -2.25. The van der Waals surface area contributed by atoms with Gasteiger partial charge in [-0.15, -0.1) is 0 Å². The van der Waals surface area contributed by atoms with Gasteiger partial charge in [-0.2, -0.15) is 0 Å². The molecular weight excluding hydrogens is 292 g/mol. The fraction of sp³-hybridized carbons (Fsp3) is 0.588. The number of hydrogen-bond acceptors (Lipinski definition) is 4. The first-order valence-electron chi connectivity index (χ1n) is 8.10. The maximum absolute atomic E-state index is 5.97. The van der Waals surface area contributed by atoms with E-state index in [9.17, 15) is 0 Å². The number of guanidine groups is 1. The van der Waals surface area contributed by atoms with Crippen molar-refractivity contribution in [3.05, 3.63) is 18.2 Å². The van der Waals surface area contributed by atoms with Crippen LogP contribution in [0.25, 0.3) is 0 Å². The Morgan fingerprint density at radius 2 is 2.00 bits per heavy atom. The van der Waals surface area contributed by atoms with Crippen LogP contribution in [0.2, 0.25) is 0 Å². The van der Waals surface area contributed by atoms with E-state index < -0.39 is 0 Å². The third kappa shape index (κ3) is 5.03. The number of hydrogen-bond donors (Lipinski definition) is 2. The SMILES string of the molecule is COc1ccc(NC(N)=NCCN(C(C)C)C2CC2)cc1OC. The fourth-order valence-corrected chi connectivity index (χ4v) is 2.66. The van der Waals surface area contributed by atoms with Crippen LogP contribution < -0.4 is 20.5 Å². The van der Waals surface area contributed by atoms with Gasteiger partial charge in [0, 0.05) is 30.4 Å². The lowest BCUT2D eigenvalue weighted by Crippen LogP contribution is -2.35. The Hall–Kier alpha value is -1.95. The molecule has 1 aromatic rings. The zero-order chi connectivity index (χ0) is 16.8. The minimum absolute atomic E-state index is 0.414. The summed E-state index contributed by atoms with van der Waals surface area (Å²) in [5, 5.41) is 3.09. The molecule has 6 nitrogen and oxygen atoms in total. The molecule has 0 atom stereocenters. The maximum Gasteiger partial charge on any atom is 0.193 e. The first-order valence-corrected chi connectivity index (χ1v) is 8.10. The van der Waals surface area contributed by atoms with Gasteiger partial charge in [0.25, 0.3) is 0 Å². The van der Waals surface area contributed by atoms with Crippen LogP contribution in [0.15, 0.2) is 23.2 Å². The molecule has 0 aromatic heterocycles. The van der Waals surface area contributed by atoms with E-state index in [4.69, 9.17) is 15.2 Å². The van der Waals surface area contributed by atoms with Crippen molar-refractivity contribution in [2.75, 3.05) is 32.6 Å². The van der Waals surface area contributed by atoms with E-state index in [2.05, 4.69) is 29.1 Å². The molecule has 0 radical (unpaired) electrons. The van der Waals surface area contributed by atoms with E-state index >= 15 is 0 Å². The molecule has 1 aromatic carbocycles. The van der Waals surface area contributed by atoms with Crippen molar-refractivity contribution in [2.24, 2.45) is 10.7 Å². The molecule has 1 fully saturated rings. The zero-order valence-electron chi connectivity index (χ0n) is 14.5. The van der Waals surface area contributed by atoms with Gasteiger partial charge in [-0.05, 0) is 38.8 Å². The van der Waals surface area contributed by atoms with E-state index in [0.717, 1.165) is 18.3 Å². The molecule has 0 spiro atoms. The zero-order valence-corrected chi connectivity index (χ0v) is 14.5. The molecule has 1 aliphatic carbocycles. The Morgan fingerprint density at radius 1 is 1.30 bits per heavy atom. The first kappa shape index (κ1) is 17.4. The summed E-state index contributed by atoms with van der Waals surface area (Å²) in [5.41, 5.74) is 6.80. The van der Waals surface area contributed by atoms with Crippen LogP contribution in [0.1, 0.15) is 26.7 Å². The largest absolute Gasteiger partial charge is 0.493 e.